The Hall–Kier alpha value is -0.810. The molecule has 1 saturated carbocycles. The number of rotatable bonds is 3. The third-order valence-corrected chi connectivity index (χ3v) is 2.74. The fraction of sp³-hybridized carbons (Fsp3) is 0.727. The molecule has 0 bridgehead atoms. The van der Waals surface area contributed by atoms with Crippen molar-refractivity contribution in [2.24, 2.45) is 5.92 Å². The molecule has 0 aliphatic heterocycles. The van der Waals surface area contributed by atoms with Gasteiger partial charge in [-0.3, -0.25) is 0 Å². The van der Waals surface area contributed by atoms with Crippen LogP contribution >= 0.6 is 0 Å². The fourth-order valence-corrected chi connectivity index (χ4v) is 1.66. The summed E-state index contributed by atoms with van der Waals surface area (Å²) in [5.74, 6) is 0.830. The molecule has 0 aromatic carbocycles. The van der Waals surface area contributed by atoms with Crippen molar-refractivity contribution in [2.75, 3.05) is 6.61 Å². The van der Waals surface area contributed by atoms with Crippen LogP contribution in [0.15, 0.2) is 11.6 Å². The first-order chi connectivity index (χ1) is 6.38. The number of ether oxygens (including phenoxy) is 1. The van der Waals surface area contributed by atoms with Crippen LogP contribution in [0, 0.1) is 17.2 Å². The summed E-state index contributed by atoms with van der Waals surface area (Å²) in [7, 11) is 0. The summed E-state index contributed by atoms with van der Waals surface area (Å²) in [6.45, 7) is 0.920. The molecular formula is C11H15NO. The largest absolute Gasteiger partial charge is 0.378 e. The van der Waals surface area contributed by atoms with Gasteiger partial charge in [-0.2, -0.15) is 5.26 Å². The van der Waals surface area contributed by atoms with Crippen molar-refractivity contribution >= 4 is 0 Å². The lowest BCUT2D eigenvalue weighted by Gasteiger charge is -2.20. The van der Waals surface area contributed by atoms with Crippen LogP contribution in [0.4, 0.5) is 0 Å². The van der Waals surface area contributed by atoms with Gasteiger partial charge in [0.05, 0.1) is 12.2 Å². The Kier molecular flexibility index (Phi) is 2.65. The van der Waals surface area contributed by atoms with Crippen LogP contribution in [0.3, 0.4) is 0 Å². The number of allylic oxidation sites excluding steroid dienone is 1. The molecule has 0 radical (unpaired) electrons. The van der Waals surface area contributed by atoms with E-state index in [0.717, 1.165) is 37.4 Å². The molecule has 0 heterocycles. The van der Waals surface area contributed by atoms with E-state index in [1.54, 1.807) is 0 Å². The predicted molar refractivity (Wildman–Crippen MR) is 50.0 cm³/mol. The Labute approximate surface area is 79.2 Å². The van der Waals surface area contributed by atoms with Gasteiger partial charge in [-0.25, -0.2) is 0 Å². The van der Waals surface area contributed by atoms with Crippen molar-refractivity contribution in [2.45, 2.75) is 38.2 Å². The number of nitrogens with zero attached hydrogens (tertiary/aromatic N) is 1. The Morgan fingerprint density at radius 3 is 3.00 bits per heavy atom. The van der Waals surface area contributed by atoms with Gasteiger partial charge in [0.2, 0.25) is 0 Å². The Morgan fingerprint density at radius 2 is 2.31 bits per heavy atom. The molecule has 1 fully saturated rings. The molecule has 1 unspecified atom stereocenters. The zero-order valence-electron chi connectivity index (χ0n) is 7.83. The molecule has 70 valence electrons. The lowest BCUT2D eigenvalue weighted by Crippen LogP contribution is -2.17. The van der Waals surface area contributed by atoms with Crippen LogP contribution in [0.1, 0.15) is 32.1 Å². The van der Waals surface area contributed by atoms with E-state index in [-0.39, 0.29) is 0 Å². The second-order valence-corrected chi connectivity index (χ2v) is 4.02. The van der Waals surface area contributed by atoms with Crippen molar-refractivity contribution in [1.29, 1.82) is 5.26 Å². The van der Waals surface area contributed by atoms with Crippen LogP contribution in [0.2, 0.25) is 0 Å². The molecule has 2 rings (SSSR count). The van der Waals surface area contributed by atoms with Gasteiger partial charge in [0, 0.05) is 18.6 Å². The highest BCUT2D eigenvalue weighted by Crippen LogP contribution is 2.30. The third-order valence-electron chi connectivity index (χ3n) is 2.74. The highest BCUT2D eigenvalue weighted by molar-refractivity contribution is 5.23. The molecule has 0 amide bonds. The van der Waals surface area contributed by atoms with E-state index in [9.17, 15) is 0 Å². The van der Waals surface area contributed by atoms with Gasteiger partial charge in [0.15, 0.2) is 0 Å². The maximum absolute atomic E-state index is 8.72. The molecule has 0 N–H and O–H groups in total. The normalized spacial score (nSPS) is 27.9. The quantitative estimate of drug-likeness (QED) is 0.663. The lowest BCUT2D eigenvalue weighted by molar-refractivity contribution is 0.0392. The molecular weight excluding hydrogens is 162 g/mol. The minimum absolute atomic E-state index is 0.320. The summed E-state index contributed by atoms with van der Waals surface area (Å²) >= 11 is 0. The Morgan fingerprint density at radius 1 is 1.46 bits per heavy atom. The lowest BCUT2D eigenvalue weighted by atomic mass is 9.98. The van der Waals surface area contributed by atoms with Gasteiger partial charge in [-0.15, -0.1) is 0 Å². The maximum Gasteiger partial charge on any atom is 0.0944 e. The summed E-state index contributed by atoms with van der Waals surface area (Å²) in [6.07, 6.45) is 7.98. The van der Waals surface area contributed by atoms with Crippen LogP contribution in [-0.4, -0.2) is 12.7 Å². The minimum atomic E-state index is 0.320. The monoisotopic (exact) mass is 177 g/mol. The van der Waals surface area contributed by atoms with Crippen molar-refractivity contribution in [3.63, 3.8) is 0 Å². The van der Waals surface area contributed by atoms with Crippen molar-refractivity contribution in [3.8, 4) is 6.07 Å². The second kappa shape index (κ2) is 3.93. The van der Waals surface area contributed by atoms with Crippen LogP contribution < -0.4 is 0 Å². The number of hydrogen-bond donors (Lipinski definition) is 0. The molecule has 0 aromatic heterocycles. The molecule has 0 spiro atoms. The summed E-state index contributed by atoms with van der Waals surface area (Å²) < 4.78 is 5.75. The van der Waals surface area contributed by atoms with E-state index < -0.39 is 0 Å². The van der Waals surface area contributed by atoms with Crippen molar-refractivity contribution in [3.05, 3.63) is 11.6 Å². The zero-order valence-corrected chi connectivity index (χ0v) is 7.83. The number of nitriles is 1. The average molecular weight is 177 g/mol. The molecule has 1 atom stereocenters. The average Bonchev–Trinajstić information content (AvgIpc) is 2.99. The topological polar surface area (TPSA) is 33.0 Å². The Bertz CT molecular complexity index is 247. The second-order valence-electron chi connectivity index (χ2n) is 4.02. The van der Waals surface area contributed by atoms with E-state index in [2.05, 4.69) is 6.07 Å². The van der Waals surface area contributed by atoms with E-state index in [1.165, 1.54) is 12.8 Å². The summed E-state index contributed by atoms with van der Waals surface area (Å²) in [5, 5.41) is 8.72. The van der Waals surface area contributed by atoms with E-state index >= 15 is 0 Å². The molecule has 2 heteroatoms. The smallest absolute Gasteiger partial charge is 0.0944 e. The number of hydrogen-bond acceptors (Lipinski definition) is 2. The van der Waals surface area contributed by atoms with E-state index in [1.807, 2.05) is 6.08 Å². The SMILES string of the molecule is N#CC1=CCCC(OCC2CC2)C1. The van der Waals surface area contributed by atoms with Gasteiger partial charge in [-0.1, -0.05) is 6.08 Å². The predicted octanol–water partition coefficient (Wildman–Crippen LogP) is 2.42. The molecule has 0 saturated heterocycles. The van der Waals surface area contributed by atoms with Crippen molar-refractivity contribution < 1.29 is 4.74 Å². The van der Waals surface area contributed by atoms with Gasteiger partial charge in [0.25, 0.3) is 0 Å². The highest BCUT2D eigenvalue weighted by atomic mass is 16.5. The minimum Gasteiger partial charge on any atom is -0.378 e. The van der Waals surface area contributed by atoms with Crippen LogP contribution in [-0.2, 0) is 4.74 Å². The first-order valence-electron chi connectivity index (χ1n) is 5.09. The van der Waals surface area contributed by atoms with Crippen molar-refractivity contribution in [1.82, 2.24) is 0 Å². The van der Waals surface area contributed by atoms with Gasteiger partial charge < -0.3 is 4.74 Å². The fourth-order valence-electron chi connectivity index (χ4n) is 1.66. The first-order valence-corrected chi connectivity index (χ1v) is 5.09. The van der Waals surface area contributed by atoms with Crippen LogP contribution in [0.5, 0.6) is 0 Å². The van der Waals surface area contributed by atoms with Gasteiger partial charge in [0.1, 0.15) is 0 Å². The molecule has 2 aliphatic rings. The Balaban J connectivity index is 1.74. The highest BCUT2D eigenvalue weighted by Gasteiger charge is 2.24. The molecule has 13 heavy (non-hydrogen) atoms. The summed E-state index contributed by atoms with van der Waals surface area (Å²) in [6, 6.07) is 2.22. The van der Waals surface area contributed by atoms with E-state index in [0.29, 0.717) is 6.10 Å². The molecule has 2 aliphatic carbocycles. The molecule has 0 aromatic rings. The molecule has 2 nitrogen and oxygen atoms in total. The summed E-state index contributed by atoms with van der Waals surface area (Å²) in [5.41, 5.74) is 0.909. The van der Waals surface area contributed by atoms with E-state index in [4.69, 9.17) is 10.00 Å². The van der Waals surface area contributed by atoms with Gasteiger partial charge >= 0.3 is 0 Å². The first kappa shape index (κ1) is 8.77. The van der Waals surface area contributed by atoms with Crippen LogP contribution in [0.25, 0.3) is 0 Å². The maximum atomic E-state index is 8.72. The zero-order chi connectivity index (χ0) is 9.10. The third kappa shape index (κ3) is 2.57. The standard InChI is InChI=1S/C11H15NO/c12-7-10-2-1-3-11(6-10)13-8-9-4-5-9/h2,9,11H,1,3-6,8H2. The summed E-state index contributed by atoms with van der Waals surface area (Å²) in [4.78, 5) is 0. The van der Waals surface area contributed by atoms with Gasteiger partial charge in [-0.05, 0) is 31.6 Å².